The third-order valence-corrected chi connectivity index (χ3v) is 3.03. The van der Waals surface area contributed by atoms with Crippen molar-refractivity contribution in [1.29, 1.82) is 0 Å². The first-order chi connectivity index (χ1) is 10.4. The highest BCUT2D eigenvalue weighted by molar-refractivity contribution is 5.79. The molecular formula is C15H22F3N3O. The summed E-state index contributed by atoms with van der Waals surface area (Å²) in [7, 11) is 1.64. The van der Waals surface area contributed by atoms with Gasteiger partial charge in [0.25, 0.3) is 0 Å². The Hall–Kier alpha value is -1.92. The number of guanidine groups is 1. The molecule has 0 spiro atoms. The van der Waals surface area contributed by atoms with Crippen LogP contribution in [0.25, 0.3) is 0 Å². The molecule has 1 atom stereocenters. The van der Waals surface area contributed by atoms with Gasteiger partial charge in [-0.2, -0.15) is 13.2 Å². The topological polar surface area (TPSA) is 45.7 Å². The molecule has 0 saturated carbocycles. The van der Waals surface area contributed by atoms with Crippen LogP contribution in [-0.2, 0) is 6.54 Å². The van der Waals surface area contributed by atoms with Crippen LogP contribution in [0.4, 0.5) is 13.2 Å². The smallest absolute Gasteiger partial charge is 0.422 e. The lowest BCUT2D eigenvalue weighted by Gasteiger charge is -2.18. The number of benzene rings is 1. The van der Waals surface area contributed by atoms with E-state index in [2.05, 4.69) is 15.6 Å². The van der Waals surface area contributed by atoms with Crippen molar-refractivity contribution >= 4 is 5.96 Å². The first-order valence-electron chi connectivity index (χ1n) is 7.10. The highest BCUT2D eigenvalue weighted by atomic mass is 19.4. The summed E-state index contributed by atoms with van der Waals surface area (Å²) in [4.78, 5) is 4.08. The SMILES string of the molecule is CCC(C)NC(=NC)NCc1ccccc1OCC(F)(F)F. The molecule has 1 aromatic carbocycles. The van der Waals surface area contributed by atoms with Gasteiger partial charge in [0.15, 0.2) is 12.6 Å². The Labute approximate surface area is 128 Å². The van der Waals surface area contributed by atoms with Gasteiger partial charge >= 0.3 is 6.18 Å². The summed E-state index contributed by atoms with van der Waals surface area (Å²) in [6.45, 7) is 3.09. The molecule has 0 heterocycles. The first-order valence-corrected chi connectivity index (χ1v) is 7.10. The van der Waals surface area contributed by atoms with E-state index in [1.54, 1.807) is 25.2 Å². The summed E-state index contributed by atoms with van der Waals surface area (Å²) in [6, 6.07) is 6.88. The summed E-state index contributed by atoms with van der Waals surface area (Å²) in [5.41, 5.74) is 0.638. The second-order valence-electron chi connectivity index (χ2n) is 4.89. The number of alkyl halides is 3. The number of aliphatic imine (C=N–C) groups is 1. The summed E-state index contributed by atoms with van der Waals surface area (Å²) in [5, 5.41) is 6.25. The van der Waals surface area contributed by atoms with Crippen LogP contribution in [-0.4, -0.2) is 31.8 Å². The zero-order chi connectivity index (χ0) is 16.6. The Morgan fingerprint density at radius 3 is 2.59 bits per heavy atom. The van der Waals surface area contributed by atoms with E-state index in [-0.39, 0.29) is 11.8 Å². The van der Waals surface area contributed by atoms with E-state index < -0.39 is 12.8 Å². The Morgan fingerprint density at radius 1 is 1.32 bits per heavy atom. The van der Waals surface area contributed by atoms with Crippen molar-refractivity contribution in [2.75, 3.05) is 13.7 Å². The molecule has 2 N–H and O–H groups in total. The van der Waals surface area contributed by atoms with Gasteiger partial charge in [-0.05, 0) is 19.4 Å². The van der Waals surface area contributed by atoms with Crippen LogP contribution < -0.4 is 15.4 Å². The van der Waals surface area contributed by atoms with Gasteiger partial charge < -0.3 is 15.4 Å². The van der Waals surface area contributed by atoms with Gasteiger partial charge in [-0.25, -0.2) is 0 Å². The fourth-order valence-electron chi connectivity index (χ4n) is 1.66. The van der Waals surface area contributed by atoms with Crippen molar-refractivity contribution < 1.29 is 17.9 Å². The summed E-state index contributed by atoms with van der Waals surface area (Å²) >= 11 is 0. The van der Waals surface area contributed by atoms with E-state index >= 15 is 0 Å². The van der Waals surface area contributed by atoms with Crippen LogP contribution in [0.3, 0.4) is 0 Å². The van der Waals surface area contributed by atoms with E-state index in [4.69, 9.17) is 4.74 Å². The normalized spacial score (nSPS) is 13.6. The van der Waals surface area contributed by atoms with Gasteiger partial charge in [-0.3, -0.25) is 4.99 Å². The molecule has 22 heavy (non-hydrogen) atoms. The molecule has 0 aromatic heterocycles. The monoisotopic (exact) mass is 317 g/mol. The molecule has 0 bridgehead atoms. The predicted molar refractivity (Wildman–Crippen MR) is 81.1 cm³/mol. The van der Waals surface area contributed by atoms with Gasteiger partial charge in [-0.1, -0.05) is 25.1 Å². The van der Waals surface area contributed by atoms with Crippen molar-refractivity contribution in [2.45, 2.75) is 39.0 Å². The number of nitrogens with zero attached hydrogens (tertiary/aromatic N) is 1. The molecule has 124 valence electrons. The minimum Gasteiger partial charge on any atom is -0.484 e. The molecule has 0 aliphatic rings. The van der Waals surface area contributed by atoms with E-state index in [9.17, 15) is 13.2 Å². The summed E-state index contributed by atoms with van der Waals surface area (Å²) < 4.78 is 41.6. The van der Waals surface area contributed by atoms with Crippen LogP contribution in [0.2, 0.25) is 0 Å². The van der Waals surface area contributed by atoms with Crippen LogP contribution in [0.15, 0.2) is 29.3 Å². The molecule has 4 nitrogen and oxygen atoms in total. The number of hydrogen-bond acceptors (Lipinski definition) is 2. The number of rotatable bonds is 6. The van der Waals surface area contributed by atoms with Gasteiger partial charge in [0.1, 0.15) is 5.75 Å². The van der Waals surface area contributed by atoms with Crippen LogP contribution in [0.1, 0.15) is 25.8 Å². The number of ether oxygens (including phenoxy) is 1. The summed E-state index contributed by atoms with van der Waals surface area (Å²) in [6.07, 6.45) is -3.42. The fourth-order valence-corrected chi connectivity index (χ4v) is 1.66. The first kappa shape index (κ1) is 18.1. The largest absolute Gasteiger partial charge is 0.484 e. The Kier molecular flexibility index (Phi) is 7.01. The zero-order valence-corrected chi connectivity index (χ0v) is 13.0. The molecule has 1 rings (SSSR count). The maximum atomic E-state index is 12.3. The average Bonchev–Trinajstić information content (AvgIpc) is 2.49. The van der Waals surface area contributed by atoms with Crippen molar-refractivity contribution in [3.63, 3.8) is 0 Å². The van der Waals surface area contributed by atoms with Crippen molar-refractivity contribution in [3.05, 3.63) is 29.8 Å². The van der Waals surface area contributed by atoms with E-state index in [0.717, 1.165) is 6.42 Å². The molecule has 0 aliphatic carbocycles. The lowest BCUT2D eigenvalue weighted by atomic mass is 10.2. The van der Waals surface area contributed by atoms with Gasteiger partial charge in [-0.15, -0.1) is 0 Å². The average molecular weight is 317 g/mol. The molecule has 0 amide bonds. The third kappa shape index (κ3) is 6.69. The van der Waals surface area contributed by atoms with Gasteiger partial charge in [0.05, 0.1) is 0 Å². The molecule has 0 aliphatic heterocycles. The quantitative estimate of drug-likeness (QED) is 0.626. The number of hydrogen-bond donors (Lipinski definition) is 2. The number of para-hydroxylation sites is 1. The van der Waals surface area contributed by atoms with Crippen molar-refractivity contribution in [2.24, 2.45) is 4.99 Å². The van der Waals surface area contributed by atoms with Crippen molar-refractivity contribution in [1.82, 2.24) is 10.6 Å². The van der Waals surface area contributed by atoms with Crippen LogP contribution in [0, 0.1) is 0 Å². The molecule has 0 fully saturated rings. The highest BCUT2D eigenvalue weighted by Crippen LogP contribution is 2.22. The summed E-state index contributed by atoms with van der Waals surface area (Å²) in [5.74, 6) is 0.811. The van der Waals surface area contributed by atoms with E-state index in [1.165, 1.54) is 6.07 Å². The Bertz CT molecular complexity index is 489. The van der Waals surface area contributed by atoms with Crippen LogP contribution in [0.5, 0.6) is 5.75 Å². The number of nitrogens with one attached hydrogen (secondary N) is 2. The van der Waals surface area contributed by atoms with E-state index in [1.807, 2.05) is 13.8 Å². The molecule has 0 radical (unpaired) electrons. The van der Waals surface area contributed by atoms with E-state index in [0.29, 0.717) is 18.1 Å². The lowest BCUT2D eigenvalue weighted by molar-refractivity contribution is -0.153. The Morgan fingerprint density at radius 2 is 2.00 bits per heavy atom. The number of halogens is 3. The molecule has 1 unspecified atom stereocenters. The molecular weight excluding hydrogens is 295 g/mol. The standard InChI is InChI=1S/C15H22F3N3O/c1-4-11(2)21-14(19-3)20-9-12-7-5-6-8-13(12)22-10-15(16,17)18/h5-8,11H,4,9-10H2,1-3H3,(H2,19,20,21). The minimum atomic E-state index is -4.35. The van der Waals surface area contributed by atoms with Crippen LogP contribution >= 0.6 is 0 Å². The van der Waals surface area contributed by atoms with Crippen molar-refractivity contribution in [3.8, 4) is 5.75 Å². The van der Waals surface area contributed by atoms with Gasteiger partial charge in [0, 0.05) is 25.2 Å². The second kappa shape index (κ2) is 8.51. The predicted octanol–water partition coefficient (Wildman–Crippen LogP) is 3.09. The highest BCUT2D eigenvalue weighted by Gasteiger charge is 2.28. The Balaban J connectivity index is 2.65. The maximum absolute atomic E-state index is 12.3. The molecule has 1 aromatic rings. The fraction of sp³-hybridized carbons (Fsp3) is 0.533. The third-order valence-electron chi connectivity index (χ3n) is 3.03. The lowest BCUT2D eigenvalue weighted by Crippen LogP contribution is -2.41. The maximum Gasteiger partial charge on any atom is 0.422 e. The minimum absolute atomic E-state index is 0.214. The molecule has 0 saturated heterocycles. The van der Waals surface area contributed by atoms with Gasteiger partial charge in [0.2, 0.25) is 0 Å². The zero-order valence-electron chi connectivity index (χ0n) is 13.0. The molecule has 7 heteroatoms. The second-order valence-corrected chi connectivity index (χ2v) is 4.89.